The summed E-state index contributed by atoms with van der Waals surface area (Å²) in [6, 6.07) is 3.61. The maximum absolute atomic E-state index is 12.9. The van der Waals surface area contributed by atoms with E-state index in [1.54, 1.807) is 24.3 Å². The molecule has 0 radical (unpaired) electrons. The van der Waals surface area contributed by atoms with E-state index in [4.69, 9.17) is 4.52 Å². The molecule has 1 N–H and O–H groups in total. The van der Waals surface area contributed by atoms with Gasteiger partial charge in [0.1, 0.15) is 10.6 Å². The summed E-state index contributed by atoms with van der Waals surface area (Å²) in [5.41, 5.74) is 0.974. The van der Waals surface area contributed by atoms with Crippen LogP contribution in [0.4, 0.5) is 5.82 Å². The number of aryl methyl sites for hydroxylation is 1. The summed E-state index contributed by atoms with van der Waals surface area (Å²) in [7, 11) is 0. The van der Waals surface area contributed by atoms with Crippen molar-refractivity contribution in [3.8, 4) is 0 Å². The summed E-state index contributed by atoms with van der Waals surface area (Å²) < 4.78 is 6.98. The number of anilines is 1. The van der Waals surface area contributed by atoms with Crippen LogP contribution >= 0.6 is 22.7 Å². The maximum Gasteiger partial charge on any atom is 0.264 e. The van der Waals surface area contributed by atoms with Crippen LogP contribution in [0, 0.1) is 12.8 Å². The molecule has 0 atom stereocenters. The number of aromatic nitrogens is 3. The number of carbonyl (C=O) groups excluding carboxylic acids is 2. The van der Waals surface area contributed by atoms with E-state index in [1.165, 1.54) is 11.3 Å². The summed E-state index contributed by atoms with van der Waals surface area (Å²) >= 11 is 3.01. The number of thiazole rings is 1. The zero-order chi connectivity index (χ0) is 19.3. The number of nitrogens with one attached hydrogen (secondary N) is 1. The van der Waals surface area contributed by atoms with E-state index in [0.717, 1.165) is 15.3 Å². The van der Waals surface area contributed by atoms with Crippen LogP contribution in [0.25, 0.3) is 15.3 Å². The first-order chi connectivity index (χ1) is 13.6. The molecule has 0 aliphatic carbocycles. The van der Waals surface area contributed by atoms with E-state index in [9.17, 15) is 9.59 Å². The number of nitrogens with zero attached hydrogens (tertiary/aromatic N) is 4. The van der Waals surface area contributed by atoms with E-state index in [-0.39, 0.29) is 17.7 Å². The molecule has 10 heteroatoms. The van der Waals surface area contributed by atoms with Gasteiger partial charge in [-0.15, -0.1) is 22.7 Å². The maximum atomic E-state index is 12.9. The highest BCUT2D eigenvalue weighted by Gasteiger charge is 2.29. The number of piperidine rings is 1. The van der Waals surface area contributed by atoms with Crippen LogP contribution in [-0.2, 0) is 4.79 Å². The van der Waals surface area contributed by atoms with Gasteiger partial charge in [-0.3, -0.25) is 14.0 Å². The Bertz CT molecular complexity index is 1180. The molecule has 0 bridgehead atoms. The fourth-order valence-corrected chi connectivity index (χ4v) is 5.28. The number of thiophene rings is 1. The van der Waals surface area contributed by atoms with Crippen LogP contribution in [0.5, 0.6) is 0 Å². The van der Waals surface area contributed by atoms with Crippen LogP contribution in [-0.4, -0.2) is 44.3 Å². The molecule has 4 aromatic rings. The fraction of sp³-hybridized carbons (Fsp3) is 0.333. The first-order valence-electron chi connectivity index (χ1n) is 8.97. The number of likely N-dealkylation sites (tertiary alicyclic amines) is 1. The molecule has 5 heterocycles. The van der Waals surface area contributed by atoms with Crippen LogP contribution in [0.15, 0.2) is 28.2 Å². The highest BCUT2D eigenvalue weighted by Crippen LogP contribution is 2.30. The number of amides is 2. The van der Waals surface area contributed by atoms with Gasteiger partial charge in [-0.05, 0) is 25.8 Å². The fourth-order valence-electron chi connectivity index (χ4n) is 3.51. The van der Waals surface area contributed by atoms with Crippen LogP contribution in [0.3, 0.4) is 0 Å². The third-order valence-electron chi connectivity index (χ3n) is 4.98. The highest BCUT2D eigenvalue weighted by atomic mass is 32.1. The Morgan fingerprint density at radius 2 is 2.11 bits per heavy atom. The van der Waals surface area contributed by atoms with Gasteiger partial charge in [0.25, 0.3) is 5.91 Å². The summed E-state index contributed by atoms with van der Waals surface area (Å²) in [4.78, 5) is 34.2. The number of carbonyl (C=O) groups is 2. The van der Waals surface area contributed by atoms with Crippen molar-refractivity contribution < 1.29 is 14.1 Å². The quantitative estimate of drug-likeness (QED) is 0.554. The molecule has 5 rings (SSSR count). The largest absolute Gasteiger partial charge is 0.360 e. The number of hydrogen-bond donors (Lipinski definition) is 1. The van der Waals surface area contributed by atoms with E-state index >= 15 is 0 Å². The summed E-state index contributed by atoms with van der Waals surface area (Å²) in [6.45, 7) is 2.90. The average molecular weight is 416 g/mol. The number of imidazole rings is 1. The van der Waals surface area contributed by atoms with Crippen molar-refractivity contribution in [1.82, 2.24) is 19.4 Å². The lowest BCUT2D eigenvalue weighted by Gasteiger charge is -2.30. The van der Waals surface area contributed by atoms with E-state index < -0.39 is 0 Å². The molecular formula is C18H17N5O3S2. The molecule has 1 fully saturated rings. The van der Waals surface area contributed by atoms with Gasteiger partial charge in [0, 0.05) is 36.7 Å². The molecule has 0 spiro atoms. The predicted molar refractivity (Wildman–Crippen MR) is 107 cm³/mol. The van der Waals surface area contributed by atoms with E-state index in [1.807, 2.05) is 26.9 Å². The lowest BCUT2D eigenvalue weighted by Crippen LogP contribution is -2.41. The van der Waals surface area contributed by atoms with Crippen molar-refractivity contribution in [2.75, 3.05) is 18.4 Å². The molecule has 1 aliphatic heterocycles. The molecule has 0 unspecified atom stereocenters. The Morgan fingerprint density at radius 3 is 2.86 bits per heavy atom. The van der Waals surface area contributed by atoms with Gasteiger partial charge in [-0.25, -0.2) is 4.98 Å². The van der Waals surface area contributed by atoms with Crippen molar-refractivity contribution in [2.45, 2.75) is 19.8 Å². The minimum Gasteiger partial charge on any atom is -0.360 e. The lowest BCUT2D eigenvalue weighted by atomic mass is 9.96. The topological polar surface area (TPSA) is 92.7 Å². The minimum atomic E-state index is -0.131. The van der Waals surface area contributed by atoms with Crippen LogP contribution in [0.1, 0.15) is 28.3 Å². The number of rotatable bonds is 3. The van der Waals surface area contributed by atoms with Crippen molar-refractivity contribution in [3.63, 3.8) is 0 Å². The SMILES string of the molecule is Cc1cc(NC(=O)C2CCN(C(=O)c3cc4c(nc5sccn54)s3)CC2)no1. The lowest BCUT2D eigenvalue weighted by molar-refractivity contribution is -0.121. The van der Waals surface area contributed by atoms with Crippen molar-refractivity contribution in [1.29, 1.82) is 0 Å². The minimum absolute atomic E-state index is 0.0120. The Kier molecular flexibility index (Phi) is 4.17. The van der Waals surface area contributed by atoms with Crippen molar-refractivity contribution in [2.24, 2.45) is 5.92 Å². The molecule has 0 saturated carbocycles. The Labute approximate surface area is 167 Å². The predicted octanol–water partition coefficient (Wildman–Crippen LogP) is 3.40. The standard InChI is InChI=1S/C18H17N5O3S2/c1-10-8-14(21-26-10)19-15(24)11-2-4-22(5-3-11)17(25)13-9-12-16(28-13)20-18-23(12)6-7-27-18/h6-9,11H,2-5H2,1H3,(H,19,21,24). The molecule has 1 saturated heterocycles. The third-order valence-corrected chi connectivity index (χ3v) is 6.75. The molecule has 8 nitrogen and oxygen atoms in total. The first kappa shape index (κ1) is 17.4. The average Bonchev–Trinajstić information content (AvgIpc) is 3.44. The van der Waals surface area contributed by atoms with Gasteiger partial charge >= 0.3 is 0 Å². The van der Waals surface area contributed by atoms with Gasteiger partial charge in [0.15, 0.2) is 10.8 Å². The molecule has 1 aliphatic rings. The van der Waals surface area contributed by atoms with Gasteiger partial charge in [-0.1, -0.05) is 5.16 Å². The summed E-state index contributed by atoms with van der Waals surface area (Å²) in [6.07, 6.45) is 3.23. The Hall–Kier alpha value is -2.72. The van der Waals surface area contributed by atoms with Gasteiger partial charge < -0.3 is 14.7 Å². The van der Waals surface area contributed by atoms with Crippen molar-refractivity contribution in [3.05, 3.63) is 34.3 Å². The number of fused-ring (bicyclic) bond motifs is 3. The second-order valence-electron chi connectivity index (χ2n) is 6.85. The second kappa shape index (κ2) is 6.71. The molecule has 4 aromatic heterocycles. The van der Waals surface area contributed by atoms with Gasteiger partial charge in [0.2, 0.25) is 5.91 Å². The van der Waals surface area contributed by atoms with Crippen LogP contribution < -0.4 is 5.32 Å². The smallest absolute Gasteiger partial charge is 0.264 e. The molecule has 144 valence electrons. The molecule has 0 aromatic carbocycles. The summed E-state index contributed by atoms with van der Waals surface area (Å²) in [5, 5.41) is 8.55. The Balaban J connectivity index is 1.24. The second-order valence-corrected chi connectivity index (χ2v) is 8.75. The van der Waals surface area contributed by atoms with Gasteiger partial charge in [0.05, 0.1) is 10.4 Å². The molecule has 2 amide bonds. The third kappa shape index (κ3) is 2.98. The first-order valence-corrected chi connectivity index (χ1v) is 10.7. The van der Waals surface area contributed by atoms with E-state index in [0.29, 0.717) is 42.4 Å². The Morgan fingerprint density at radius 1 is 1.29 bits per heavy atom. The van der Waals surface area contributed by atoms with Gasteiger partial charge in [-0.2, -0.15) is 0 Å². The van der Waals surface area contributed by atoms with E-state index in [2.05, 4.69) is 15.5 Å². The van der Waals surface area contributed by atoms with Crippen molar-refractivity contribution >= 4 is 55.6 Å². The van der Waals surface area contributed by atoms with Crippen LogP contribution in [0.2, 0.25) is 0 Å². The zero-order valence-electron chi connectivity index (χ0n) is 15.0. The number of hydrogen-bond acceptors (Lipinski definition) is 7. The monoisotopic (exact) mass is 415 g/mol. The normalized spacial score (nSPS) is 15.5. The highest BCUT2D eigenvalue weighted by molar-refractivity contribution is 7.21. The zero-order valence-corrected chi connectivity index (χ0v) is 16.7. The molecular weight excluding hydrogens is 398 g/mol. The molecule has 28 heavy (non-hydrogen) atoms. The summed E-state index contributed by atoms with van der Waals surface area (Å²) in [5.74, 6) is 0.892.